The fraction of sp³-hybridized carbons (Fsp3) is 0.550. The van der Waals surface area contributed by atoms with Crippen molar-refractivity contribution < 1.29 is 19.1 Å². The van der Waals surface area contributed by atoms with Gasteiger partial charge in [-0.1, -0.05) is 23.7 Å². The second-order valence-corrected chi connectivity index (χ2v) is 8.29. The van der Waals surface area contributed by atoms with Crippen LogP contribution < -0.4 is 5.32 Å². The lowest BCUT2D eigenvalue weighted by molar-refractivity contribution is -0.133. The minimum absolute atomic E-state index is 0.0717. The summed E-state index contributed by atoms with van der Waals surface area (Å²) in [5.41, 5.74) is 0.272. The van der Waals surface area contributed by atoms with Crippen molar-refractivity contribution in [1.29, 1.82) is 0 Å². The molecule has 0 aromatic heterocycles. The number of halogens is 1. The van der Waals surface area contributed by atoms with E-state index in [1.54, 1.807) is 34.1 Å². The van der Waals surface area contributed by atoms with Crippen LogP contribution in [0.25, 0.3) is 0 Å². The van der Waals surface area contributed by atoms with Gasteiger partial charge in [-0.2, -0.15) is 0 Å². The van der Waals surface area contributed by atoms with E-state index in [4.69, 9.17) is 16.3 Å². The summed E-state index contributed by atoms with van der Waals surface area (Å²) >= 11 is 5.92. The Morgan fingerprint density at radius 1 is 1.07 bits per heavy atom. The Labute approximate surface area is 171 Å². The van der Waals surface area contributed by atoms with Crippen molar-refractivity contribution >= 4 is 29.5 Å². The summed E-state index contributed by atoms with van der Waals surface area (Å²) in [6, 6.07) is 6.64. The second-order valence-electron chi connectivity index (χ2n) is 7.86. The molecule has 1 aromatic carbocycles. The van der Waals surface area contributed by atoms with Crippen LogP contribution in [0.2, 0.25) is 5.02 Å². The Morgan fingerprint density at radius 2 is 1.61 bits per heavy atom. The molecule has 2 rings (SSSR count). The molecule has 1 heterocycles. The Morgan fingerprint density at radius 3 is 2.11 bits per heavy atom. The Hall–Kier alpha value is -2.28. The zero-order valence-corrected chi connectivity index (χ0v) is 17.6. The lowest BCUT2D eigenvalue weighted by atomic mass is 10.0. The van der Waals surface area contributed by atoms with E-state index in [1.807, 2.05) is 20.8 Å². The summed E-state index contributed by atoms with van der Waals surface area (Å²) in [6.07, 6.45) is -0.218. The van der Waals surface area contributed by atoms with Gasteiger partial charge in [-0.15, -0.1) is 0 Å². The summed E-state index contributed by atoms with van der Waals surface area (Å²) in [7, 11) is 0. The van der Waals surface area contributed by atoms with Crippen LogP contribution in [-0.2, 0) is 14.3 Å². The van der Waals surface area contributed by atoms with E-state index in [-0.39, 0.29) is 24.3 Å². The molecule has 1 aliphatic heterocycles. The third kappa shape index (κ3) is 6.71. The van der Waals surface area contributed by atoms with E-state index in [0.717, 1.165) is 5.56 Å². The van der Waals surface area contributed by atoms with Crippen molar-refractivity contribution in [1.82, 2.24) is 15.1 Å². The summed E-state index contributed by atoms with van der Waals surface area (Å²) < 4.78 is 5.37. The van der Waals surface area contributed by atoms with Crippen molar-refractivity contribution in [3.8, 4) is 0 Å². The number of amides is 3. The van der Waals surface area contributed by atoms with Gasteiger partial charge in [0.05, 0.1) is 12.5 Å². The molecule has 1 aromatic rings. The average molecular weight is 410 g/mol. The second kappa shape index (κ2) is 9.28. The maximum absolute atomic E-state index is 12.7. The SMILES string of the molecule is CC(=O)N[C@H](CC(=O)N1CCN(C(=O)OC(C)(C)C)CC1)c1ccc(Cl)cc1. The van der Waals surface area contributed by atoms with Gasteiger partial charge in [0.15, 0.2) is 0 Å². The number of ether oxygens (including phenoxy) is 1. The first-order valence-corrected chi connectivity index (χ1v) is 9.71. The monoisotopic (exact) mass is 409 g/mol. The van der Waals surface area contributed by atoms with Crippen molar-refractivity contribution in [2.45, 2.75) is 45.8 Å². The van der Waals surface area contributed by atoms with Gasteiger partial charge in [0, 0.05) is 38.1 Å². The van der Waals surface area contributed by atoms with Gasteiger partial charge in [-0.3, -0.25) is 9.59 Å². The summed E-state index contributed by atoms with van der Waals surface area (Å²) in [6.45, 7) is 8.61. The molecule has 0 unspecified atom stereocenters. The van der Waals surface area contributed by atoms with Gasteiger partial charge in [0.2, 0.25) is 11.8 Å². The standard InChI is InChI=1S/C20H28ClN3O4/c1-14(25)22-17(15-5-7-16(21)8-6-15)13-18(26)23-9-11-24(12-10-23)19(27)28-20(2,3)4/h5-8,17H,9-13H2,1-4H3,(H,22,25)/t17-/m1/s1. The molecule has 1 fully saturated rings. The number of hydrogen-bond acceptors (Lipinski definition) is 4. The van der Waals surface area contributed by atoms with E-state index < -0.39 is 11.6 Å². The molecule has 7 nitrogen and oxygen atoms in total. The number of carbonyl (C=O) groups is 3. The number of benzene rings is 1. The van der Waals surface area contributed by atoms with Gasteiger partial charge in [0.25, 0.3) is 0 Å². The average Bonchev–Trinajstić information content (AvgIpc) is 2.60. The summed E-state index contributed by atoms with van der Waals surface area (Å²) in [5.74, 6) is -0.278. The zero-order chi connectivity index (χ0) is 20.9. The lowest BCUT2D eigenvalue weighted by Gasteiger charge is -2.36. The van der Waals surface area contributed by atoms with Gasteiger partial charge >= 0.3 is 6.09 Å². The maximum Gasteiger partial charge on any atom is 0.410 e. The van der Waals surface area contributed by atoms with Crippen LogP contribution in [0.1, 0.15) is 45.7 Å². The van der Waals surface area contributed by atoms with Crippen LogP contribution in [0, 0.1) is 0 Å². The molecule has 1 saturated heterocycles. The number of piperazine rings is 1. The highest BCUT2D eigenvalue weighted by Crippen LogP contribution is 2.21. The fourth-order valence-electron chi connectivity index (χ4n) is 2.96. The van der Waals surface area contributed by atoms with Gasteiger partial charge < -0.3 is 19.9 Å². The Kier molecular flexibility index (Phi) is 7.29. The Bertz CT molecular complexity index is 707. The fourth-order valence-corrected chi connectivity index (χ4v) is 3.09. The zero-order valence-electron chi connectivity index (χ0n) is 16.8. The highest BCUT2D eigenvalue weighted by molar-refractivity contribution is 6.30. The predicted octanol–water partition coefficient (Wildman–Crippen LogP) is 2.99. The largest absolute Gasteiger partial charge is 0.444 e. The molecular weight excluding hydrogens is 382 g/mol. The molecule has 0 radical (unpaired) electrons. The van der Waals surface area contributed by atoms with Crippen molar-refractivity contribution in [3.63, 3.8) is 0 Å². The van der Waals surface area contributed by atoms with Gasteiger partial charge in [-0.25, -0.2) is 4.79 Å². The quantitative estimate of drug-likeness (QED) is 0.829. The minimum atomic E-state index is -0.547. The lowest BCUT2D eigenvalue weighted by Crippen LogP contribution is -2.52. The van der Waals surface area contributed by atoms with E-state index in [2.05, 4.69) is 5.32 Å². The van der Waals surface area contributed by atoms with Crippen LogP contribution >= 0.6 is 11.6 Å². The normalized spacial score (nSPS) is 15.8. The molecule has 0 bridgehead atoms. The number of hydrogen-bond donors (Lipinski definition) is 1. The third-order valence-corrected chi connectivity index (χ3v) is 4.56. The molecular formula is C20H28ClN3O4. The van der Waals surface area contributed by atoms with E-state index in [1.165, 1.54) is 6.92 Å². The highest BCUT2D eigenvalue weighted by Gasteiger charge is 2.29. The number of nitrogens with one attached hydrogen (secondary N) is 1. The number of nitrogens with zero attached hydrogens (tertiary/aromatic N) is 2. The highest BCUT2D eigenvalue weighted by atomic mass is 35.5. The molecule has 1 N–H and O–H groups in total. The first-order chi connectivity index (χ1) is 13.0. The molecule has 0 saturated carbocycles. The van der Waals surface area contributed by atoms with E-state index in [9.17, 15) is 14.4 Å². The third-order valence-electron chi connectivity index (χ3n) is 4.31. The number of rotatable bonds is 4. The first kappa shape index (κ1) is 22.0. The molecule has 1 aliphatic rings. The van der Waals surface area contributed by atoms with Gasteiger partial charge in [-0.05, 0) is 38.5 Å². The van der Waals surface area contributed by atoms with E-state index in [0.29, 0.717) is 31.2 Å². The van der Waals surface area contributed by atoms with Crippen LogP contribution in [0.4, 0.5) is 4.79 Å². The topological polar surface area (TPSA) is 79.0 Å². The smallest absolute Gasteiger partial charge is 0.410 e. The Balaban J connectivity index is 1.94. The minimum Gasteiger partial charge on any atom is -0.444 e. The molecule has 154 valence electrons. The number of carbonyl (C=O) groups excluding carboxylic acids is 3. The van der Waals surface area contributed by atoms with Crippen LogP contribution in [0.3, 0.4) is 0 Å². The predicted molar refractivity (Wildman–Crippen MR) is 107 cm³/mol. The molecule has 0 aliphatic carbocycles. The molecule has 3 amide bonds. The van der Waals surface area contributed by atoms with E-state index >= 15 is 0 Å². The maximum atomic E-state index is 12.7. The van der Waals surface area contributed by atoms with Gasteiger partial charge in [0.1, 0.15) is 5.60 Å². The molecule has 1 atom stereocenters. The van der Waals surface area contributed by atoms with Crippen LogP contribution in [0.15, 0.2) is 24.3 Å². The summed E-state index contributed by atoms with van der Waals surface area (Å²) in [5, 5.41) is 3.42. The summed E-state index contributed by atoms with van der Waals surface area (Å²) in [4.78, 5) is 39.8. The molecule has 0 spiro atoms. The molecule has 28 heavy (non-hydrogen) atoms. The van der Waals surface area contributed by atoms with Crippen molar-refractivity contribution in [2.24, 2.45) is 0 Å². The first-order valence-electron chi connectivity index (χ1n) is 9.33. The van der Waals surface area contributed by atoms with Crippen molar-refractivity contribution in [2.75, 3.05) is 26.2 Å². The molecule has 8 heteroatoms. The van der Waals surface area contributed by atoms with Crippen LogP contribution in [0.5, 0.6) is 0 Å². The van der Waals surface area contributed by atoms with Crippen molar-refractivity contribution in [3.05, 3.63) is 34.9 Å². The van der Waals surface area contributed by atoms with Crippen LogP contribution in [-0.4, -0.2) is 59.5 Å².